The number of hydrogen-bond donors (Lipinski definition) is 3. The summed E-state index contributed by atoms with van der Waals surface area (Å²) in [6, 6.07) is 0. The van der Waals surface area contributed by atoms with Gasteiger partial charge in [0.05, 0.1) is 6.10 Å². The van der Waals surface area contributed by atoms with Crippen molar-refractivity contribution < 1.29 is 38.3 Å². The topological polar surface area (TPSA) is 118 Å². The summed E-state index contributed by atoms with van der Waals surface area (Å²) in [5.74, 6) is -1.23. The molecule has 4 atom stereocenters. The van der Waals surface area contributed by atoms with Crippen LogP contribution >= 0.6 is 12.6 Å². The molecule has 2 amide bonds. The number of rotatable bonds is 36. The molecule has 354 valence electrons. The van der Waals surface area contributed by atoms with Gasteiger partial charge >= 0.3 is 0 Å². The molecule has 1 rings (SSSR count). The average molecular weight is 874 g/mol. The molecule has 4 unspecified atom stereocenters. The van der Waals surface area contributed by atoms with E-state index in [4.69, 9.17) is 19.4 Å². The maximum Gasteiger partial charge on any atom is 0.278 e. The Balaban J connectivity index is 0. The first-order chi connectivity index (χ1) is 28.8. The summed E-state index contributed by atoms with van der Waals surface area (Å²) in [4.78, 5) is 39.4. The van der Waals surface area contributed by atoms with Crippen molar-refractivity contribution in [3.05, 3.63) is 25.1 Å². The zero-order valence-corrected chi connectivity index (χ0v) is 40.3. The van der Waals surface area contributed by atoms with E-state index in [1.807, 2.05) is 6.92 Å². The van der Waals surface area contributed by atoms with Crippen LogP contribution < -0.4 is 5.32 Å². The van der Waals surface area contributed by atoms with Gasteiger partial charge in [-0.25, -0.2) is 5.06 Å². The molecule has 1 saturated heterocycles. The minimum absolute atomic E-state index is 0.00938. The number of carbonyl (C=O) groups is 3. The smallest absolute Gasteiger partial charge is 0.278 e. The highest BCUT2D eigenvalue weighted by Gasteiger charge is 2.47. The number of halogens is 1. The van der Waals surface area contributed by atoms with Crippen LogP contribution in [0.15, 0.2) is 25.1 Å². The quantitative estimate of drug-likeness (QED) is 0.0108. The minimum Gasteiger partial charge on any atom is -0.380 e. The van der Waals surface area contributed by atoms with Crippen LogP contribution in [0.2, 0.25) is 0 Å². The maximum atomic E-state index is 14.7. The second-order valence-corrected chi connectivity index (χ2v) is 17.9. The van der Waals surface area contributed by atoms with E-state index >= 15 is 0 Å². The number of hydrogen-bond acceptors (Lipinski definition) is 9. The number of aliphatic hydroxyl groups is 1. The molecule has 0 aliphatic carbocycles. The Morgan fingerprint density at radius 3 is 1.58 bits per heavy atom. The molecule has 0 saturated carbocycles. The number of unbranched alkanes of at least 4 members (excludes halogenated alkanes) is 25. The van der Waals surface area contributed by atoms with Crippen molar-refractivity contribution in [2.24, 2.45) is 5.92 Å². The highest BCUT2D eigenvalue weighted by Crippen LogP contribution is 2.32. The van der Waals surface area contributed by atoms with Gasteiger partial charge in [-0.2, -0.15) is 0 Å². The summed E-state index contributed by atoms with van der Waals surface area (Å²) in [6.07, 6.45) is 37.6. The van der Waals surface area contributed by atoms with Crippen molar-refractivity contribution in [1.82, 2.24) is 15.5 Å². The number of amides is 2. The standard InChI is InChI=1S/C29H52FN3O5.C16H32O.C3H8OS/c1-6-8-9-10-11-12-13-14-15-16-17-18-19-20-26(34)32(4)37-23-25-24(3)28(36-5)29(38-25)33(30)27(35)21-22-31-7-2;1-2-3-4-5-6-7-8-9-10-11-12-13-14-15-16-17;1-3(2,4)5/h7,21-22,24-25,28-29,31H,2,6,8-20,23H2,1,3-5H3;16H,2-15H2,1H3;4-5H,1-2H3/b22-21-;;. The highest BCUT2D eigenvalue weighted by atomic mass is 32.1. The molecule has 1 fully saturated rings. The lowest BCUT2D eigenvalue weighted by molar-refractivity contribution is -0.207. The number of methoxy groups -OCH3 is 1. The van der Waals surface area contributed by atoms with Gasteiger partial charge in [-0.3, -0.25) is 14.4 Å². The van der Waals surface area contributed by atoms with Crippen molar-refractivity contribution in [3.8, 4) is 0 Å². The summed E-state index contributed by atoms with van der Waals surface area (Å²) in [5.41, 5.74) is 0. The molecule has 0 spiro atoms. The summed E-state index contributed by atoms with van der Waals surface area (Å²) < 4.78 is 25.8. The van der Waals surface area contributed by atoms with Crippen molar-refractivity contribution in [3.63, 3.8) is 0 Å². The second kappa shape index (κ2) is 42.3. The predicted molar refractivity (Wildman–Crippen MR) is 250 cm³/mol. The molecule has 0 aromatic rings. The van der Waals surface area contributed by atoms with Gasteiger partial charge < -0.3 is 24.7 Å². The zero-order chi connectivity index (χ0) is 45.3. The summed E-state index contributed by atoms with van der Waals surface area (Å²) in [7, 11) is 3.03. The lowest BCUT2D eigenvalue weighted by Gasteiger charge is -2.23. The Hall–Kier alpha value is -1.99. The molecule has 1 aliphatic heterocycles. The molecule has 60 heavy (non-hydrogen) atoms. The molecular weight excluding hydrogens is 782 g/mol. The Kier molecular flexibility index (Phi) is 42.4. The van der Waals surface area contributed by atoms with Crippen LogP contribution in [0.1, 0.15) is 214 Å². The van der Waals surface area contributed by atoms with Crippen LogP contribution in [-0.2, 0) is 28.7 Å². The van der Waals surface area contributed by atoms with Gasteiger partial charge in [0.2, 0.25) is 5.91 Å². The summed E-state index contributed by atoms with van der Waals surface area (Å²) in [5, 5.41) is 12.2. The maximum absolute atomic E-state index is 14.7. The number of carbonyl (C=O) groups excluding carboxylic acids is 3. The Labute approximate surface area is 372 Å². The van der Waals surface area contributed by atoms with Crippen LogP contribution in [0.25, 0.3) is 0 Å². The lowest BCUT2D eigenvalue weighted by atomic mass is 10.0. The first-order valence-electron chi connectivity index (χ1n) is 23.8. The van der Waals surface area contributed by atoms with Gasteiger partial charge in [-0.15, -0.1) is 17.8 Å². The predicted octanol–water partition coefficient (Wildman–Crippen LogP) is 12.5. The Morgan fingerprint density at radius 1 is 0.800 bits per heavy atom. The molecule has 0 aromatic carbocycles. The number of nitrogens with one attached hydrogen (secondary N) is 1. The molecule has 0 bridgehead atoms. The first kappa shape index (κ1) is 60.1. The second-order valence-electron chi connectivity index (χ2n) is 16.9. The number of aldehydes is 1. The third-order valence-electron chi connectivity index (χ3n) is 10.5. The fourth-order valence-corrected chi connectivity index (χ4v) is 6.89. The van der Waals surface area contributed by atoms with Crippen molar-refractivity contribution in [2.45, 2.75) is 238 Å². The third kappa shape index (κ3) is 37.7. The molecule has 2 N–H and O–H groups in total. The van der Waals surface area contributed by atoms with E-state index in [1.54, 1.807) is 20.9 Å². The molecule has 0 radical (unpaired) electrons. The molecular formula is C48H92FN3O7S. The van der Waals surface area contributed by atoms with Crippen molar-refractivity contribution in [1.29, 1.82) is 0 Å². The van der Waals surface area contributed by atoms with Crippen LogP contribution in [0.5, 0.6) is 0 Å². The molecule has 10 nitrogen and oxygen atoms in total. The van der Waals surface area contributed by atoms with E-state index in [1.165, 1.54) is 166 Å². The van der Waals surface area contributed by atoms with E-state index < -0.39 is 29.3 Å². The van der Waals surface area contributed by atoms with Crippen molar-refractivity contribution in [2.75, 3.05) is 20.8 Å². The van der Waals surface area contributed by atoms with Crippen LogP contribution in [0.4, 0.5) is 4.48 Å². The minimum atomic E-state index is -1.21. The van der Waals surface area contributed by atoms with Crippen LogP contribution in [0, 0.1) is 5.92 Å². The summed E-state index contributed by atoms with van der Waals surface area (Å²) >= 11 is 3.68. The fourth-order valence-electron chi connectivity index (χ4n) is 6.89. The van der Waals surface area contributed by atoms with Gasteiger partial charge in [0.1, 0.15) is 23.9 Å². The fraction of sp³-hybridized carbons (Fsp3) is 0.854. The lowest BCUT2D eigenvalue weighted by Crippen LogP contribution is -2.41. The number of nitrogens with zero attached hydrogens (tertiary/aromatic N) is 2. The highest BCUT2D eigenvalue weighted by molar-refractivity contribution is 7.81. The molecule has 1 heterocycles. The van der Waals surface area contributed by atoms with Crippen LogP contribution in [0.3, 0.4) is 0 Å². The van der Waals surface area contributed by atoms with Gasteiger partial charge in [0.15, 0.2) is 6.23 Å². The van der Waals surface area contributed by atoms with Gasteiger partial charge in [-0.05, 0) is 32.9 Å². The molecule has 0 aromatic heterocycles. The average Bonchev–Trinajstić information content (AvgIpc) is 3.54. The Bertz CT molecular complexity index is 1040. The third-order valence-corrected chi connectivity index (χ3v) is 10.5. The largest absolute Gasteiger partial charge is 0.380 e. The van der Waals surface area contributed by atoms with Gasteiger partial charge in [0.25, 0.3) is 5.91 Å². The van der Waals surface area contributed by atoms with E-state index in [2.05, 4.69) is 38.4 Å². The normalized spacial score (nSPS) is 17.4. The molecule has 1 aliphatic rings. The van der Waals surface area contributed by atoms with Gasteiger partial charge in [-0.1, -0.05) is 186 Å². The number of hydroxylamine groups is 2. The number of ether oxygens (including phenoxy) is 2. The van der Waals surface area contributed by atoms with E-state index in [9.17, 15) is 18.9 Å². The van der Waals surface area contributed by atoms with E-state index in [-0.39, 0.29) is 23.6 Å². The van der Waals surface area contributed by atoms with E-state index in [0.29, 0.717) is 6.42 Å². The Morgan fingerprint density at radius 2 is 1.20 bits per heavy atom. The van der Waals surface area contributed by atoms with Gasteiger partial charge in [0, 0.05) is 45.2 Å². The zero-order valence-electron chi connectivity index (χ0n) is 39.4. The first-order valence-corrected chi connectivity index (χ1v) is 24.2. The van der Waals surface area contributed by atoms with Crippen LogP contribution in [-0.4, -0.2) is 77.5 Å². The monoisotopic (exact) mass is 874 g/mol. The number of thiol groups is 1. The van der Waals surface area contributed by atoms with E-state index in [0.717, 1.165) is 44.5 Å². The summed E-state index contributed by atoms with van der Waals surface area (Å²) in [6.45, 7) is 13.1. The molecule has 12 heteroatoms. The van der Waals surface area contributed by atoms with Crippen molar-refractivity contribution >= 4 is 30.7 Å². The SMILES string of the molecule is C=CN/C=C\C(=O)N(F)C1OC(CON(C)C(=O)CCCCCCCCCCCCCCC)C(C)C1OC.CC(C)(O)S.CCCCCCCCCCCCCCCC=O.